The van der Waals surface area contributed by atoms with Crippen molar-refractivity contribution in [3.8, 4) is 0 Å². The van der Waals surface area contributed by atoms with Gasteiger partial charge in [0, 0.05) is 23.3 Å². The van der Waals surface area contributed by atoms with Gasteiger partial charge in [0.1, 0.15) is 0 Å². The summed E-state index contributed by atoms with van der Waals surface area (Å²) in [5, 5.41) is 18.9. The Morgan fingerprint density at radius 1 is 1.28 bits per heavy atom. The standard InChI is InChI=1S/C12H9F2NO3/c13-12(14,11(17)18)10(16)9-6-15-5-7-3-1-2-4-8(7)9/h1-6,10,16H,(H,17,18). The molecule has 1 atom stereocenters. The van der Waals surface area contributed by atoms with Crippen LogP contribution in [-0.4, -0.2) is 27.1 Å². The summed E-state index contributed by atoms with van der Waals surface area (Å²) in [7, 11) is 0. The van der Waals surface area contributed by atoms with Crippen molar-refractivity contribution in [3.63, 3.8) is 0 Å². The number of alkyl halides is 2. The van der Waals surface area contributed by atoms with Crippen molar-refractivity contribution in [2.45, 2.75) is 12.0 Å². The zero-order chi connectivity index (χ0) is 13.3. The number of aliphatic hydroxyl groups excluding tert-OH is 1. The molecule has 0 aliphatic heterocycles. The van der Waals surface area contributed by atoms with E-state index in [4.69, 9.17) is 5.11 Å². The van der Waals surface area contributed by atoms with Crippen LogP contribution in [0.5, 0.6) is 0 Å². The maximum absolute atomic E-state index is 13.3. The molecule has 2 N–H and O–H groups in total. The summed E-state index contributed by atoms with van der Waals surface area (Å²) in [6.07, 6.45) is 0.0579. The molecule has 1 aromatic heterocycles. The van der Waals surface area contributed by atoms with Gasteiger partial charge in [-0.2, -0.15) is 8.78 Å². The number of aliphatic hydroxyl groups is 1. The molecule has 2 rings (SSSR count). The molecule has 0 bridgehead atoms. The summed E-state index contributed by atoms with van der Waals surface area (Å²) in [6, 6.07) is 6.46. The van der Waals surface area contributed by atoms with Gasteiger partial charge in [-0.25, -0.2) is 4.79 Å². The zero-order valence-electron chi connectivity index (χ0n) is 9.05. The molecule has 0 fully saturated rings. The number of aromatic nitrogens is 1. The van der Waals surface area contributed by atoms with Crippen LogP contribution in [0.15, 0.2) is 36.7 Å². The van der Waals surface area contributed by atoms with E-state index < -0.39 is 18.0 Å². The number of halogens is 2. The summed E-state index contributed by atoms with van der Waals surface area (Å²) < 4.78 is 26.6. The van der Waals surface area contributed by atoms with Crippen molar-refractivity contribution in [3.05, 3.63) is 42.2 Å². The van der Waals surface area contributed by atoms with E-state index in [0.29, 0.717) is 10.8 Å². The molecule has 18 heavy (non-hydrogen) atoms. The Hall–Kier alpha value is -2.08. The van der Waals surface area contributed by atoms with Crippen LogP contribution in [0.2, 0.25) is 0 Å². The van der Waals surface area contributed by atoms with Crippen molar-refractivity contribution in [1.82, 2.24) is 4.98 Å². The monoisotopic (exact) mass is 253 g/mol. The van der Waals surface area contributed by atoms with Gasteiger partial charge in [0.05, 0.1) is 0 Å². The topological polar surface area (TPSA) is 70.4 Å². The maximum Gasteiger partial charge on any atom is 0.377 e. The van der Waals surface area contributed by atoms with E-state index in [1.165, 1.54) is 12.3 Å². The van der Waals surface area contributed by atoms with Gasteiger partial charge in [0.2, 0.25) is 0 Å². The first-order chi connectivity index (χ1) is 8.44. The summed E-state index contributed by atoms with van der Waals surface area (Å²) in [5.41, 5.74) is -0.208. The molecule has 0 aliphatic carbocycles. The molecule has 1 aromatic carbocycles. The lowest BCUT2D eigenvalue weighted by Gasteiger charge is -2.19. The number of fused-ring (bicyclic) bond motifs is 1. The number of carbonyl (C=O) groups is 1. The number of benzene rings is 1. The van der Waals surface area contributed by atoms with Gasteiger partial charge in [-0.15, -0.1) is 0 Å². The average molecular weight is 253 g/mol. The molecule has 0 amide bonds. The molecule has 4 nitrogen and oxygen atoms in total. The van der Waals surface area contributed by atoms with E-state index in [0.717, 1.165) is 6.20 Å². The van der Waals surface area contributed by atoms with Gasteiger partial charge < -0.3 is 10.2 Å². The second kappa shape index (κ2) is 4.30. The highest BCUT2D eigenvalue weighted by Crippen LogP contribution is 2.34. The third kappa shape index (κ3) is 1.91. The average Bonchev–Trinajstić information content (AvgIpc) is 2.37. The summed E-state index contributed by atoms with van der Waals surface area (Å²) in [5.74, 6) is -6.63. The molecule has 6 heteroatoms. The lowest BCUT2D eigenvalue weighted by Crippen LogP contribution is -2.35. The normalized spacial score (nSPS) is 13.5. The summed E-state index contributed by atoms with van der Waals surface area (Å²) in [4.78, 5) is 14.2. The first kappa shape index (κ1) is 12.4. The number of rotatable bonds is 3. The number of hydrogen-bond donors (Lipinski definition) is 2. The highest BCUT2D eigenvalue weighted by Gasteiger charge is 2.48. The third-order valence-corrected chi connectivity index (χ3v) is 2.62. The van der Waals surface area contributed by atoms with E-state index >= 15 is 0 Å². The maximum atomic E-state index is 13.3. The minimum Gasteiger partial charge on any atom is -0.477 e. The summed E-state index contributed by atoms with van der Waals surface area (Å²) in [6.45, 7) is 0. The van der Waals surface area contributed by atoms with E-state index in [-0.39, 0.29) is 5.56 Å². The van der Waals surface area contributed by atoms with E-state index in [2.05, 4.69) is 4.98 Å². The van der Waals surface area contributed by atoms with Crippen LogP contribution in [0.4, 0.5) is 8.78 Å². The minimum absolute atomic E-state index is 0.208. The Labute approximate surface area is 101 Å². The summed E-state index contributed by atoms with van der Waals surface area (Å²) >= 11 is 0. The fourth-order valence-corrected chi connectivity index (χ4v) is 1.67. The van der Waals surface area contributed by atoms with E-state index in [9.17, 15) is 18.7 Å². The van der Waals surface area contributed by atoms with Crippen LogP contribution in [-0.2, 0) is 4.79 Å². The second-order valence-electron chi connectivity index (χ2n) is 3.78. The Morgan fingerprint density at radius 3 is 2.61 bits per heavy atom. The number of hydrogen-bond acceptors (Lipinski definition) is 3. The molecule has 94 valence electrons. The van der Waals surface area contributed by atoms with Crippen molar-refractivity contribution in [2.24, 2.45) is 0 Å². The molecule has 0 spiro atoms. The van der Waals surface area contributed by atoms with Crippen molar-refractivity contribution < 1.29 is 23.8 Å². The van der Waals surface area contributed by atoms with Crippen LogP contribution >= 0.6 is 0 Å². The highest BCUT2D eigenvalue weighted by atomic mass is 19.3. The molecule has 1 unspecified atom stereocenters. The third-order valence-electron chi connectivity index (χ3n) is 2.62. The lowest BCUT2D eigenvalue weighted by atomic mass is 9.99. The molecular weight excluding hydrogens is 244 g/mol. The van der Waals surface area contributed by atoms with Gasteiger partial charge in [-0.05, 0) is 5.39 Å². The lowest BCUT2D eigenvalue weighted by molar-refractivity contribution is -0.182. The van der Waals surface area contributed by atoms with Crippen LogP contribution in [0.25, 0.3) is 10.8 Å². The number of nitrogens with zero attached hydrogens (tertiary/aromatic N) is 1. The van der Waals surface area contributed by atoms with E-state index in [1.807, 2.05) is 0 Å². The zero-order valence-corrected chi connectivity index (χ0v) is 9.05. The Balaban J connectivity index is 2.58. The van der Waals surface area contributed by atoms with Gasteiger partial charge >= 0.3 is 11.9 Å². The van der Waals surface area contributed by atoms with Crippen molar-refractivity contribution in [1.29, 1.82) is 0 Å². The first-order valence-electron chi connectivity index (χ1n) is 5.06. The largest absolute Gasteiger partial charge is 0.477 e. The molecule has 2 aromatic rings. The van der Waals surface area contributed by atoms with Crippen LogP contribution in [0.1, 0.15) is 11.7 Å². The minimum atomic E-state index is -4.26. The smallest absolute Gasteiger partial charge is 0.377 e. The van der Waals surface area contributed by atoms with Gasteiger partial charge in [-0.1, -0.05) is 24.3 Å². The first-order valence-corrected chi connectivity index (χ1v) is 5.06. The van der Waals surface area contributed by atoms with Crippen molar-refractivity contribution in [2.75, 3.05) is 0 Å². The number of aliphatic carboxylic acids is 1. The Bertz CT molecular complexity index is 595. The van der Waals surface area contributed by atoms with Gasteiger partial charge in [0.25, 0.3) is 0 Å². The highest BCUT2D eigenvalue weighted by molar-refractivity contribution is 5.86. The number of carboxylic acid groups (broad SMARTS) is 1. The fraction of sp³-hybridized carbons (Fsp3) is 0.167. The predicted molar refractivity (Wildman–Crippen MR) is 59.3 cm³/mol. The van der Waals surface area contributed by atoms with E-state index in [1.54, 1.807) is 18.2 Å². The fourth-order valence-electron chi connectivity index (χ4n) is 1.67. The Morgan fingerprint density at radius 2 is 1.94 bits per heavy atom. The van der Waals surface area contributed by atoms with Gasteiger partial charge in [-0.3, -0.25) is 4.98 Å². The molecule has 0 aliphatic rings. The molecule has 1 heterocycles. The molecule has 0 saturated heterocycles. The Kier molecular flexibility index (Phi) is 2.96. The van der Waals surface area contributed by atoms with Gasteiger partial charge in [0.15, 0.2) is 6.10 Å². The molecule has 0 radical (unpaired) electrons. The van der Waals surface area contributed by atoms with Crippen LogP contribution in [0, 0.1) is 0 Å². The second-order valence-corrected chi connectivity index (χ2v) is 3.78. The number of carboxylic acids is 1. The number of pyridine rings is 1. The van der Waals surface area contributed by atoms with Crippen molar-refractivity contribution >= 4 is 16.7 Å². The SMILES string of the molecule is O=C(O)C(F)(F)C(O)c1cncc2ccccc12. The van der Waals surface area contributed by atoms with Crippen LogP contribution in [0.3, 0.4) is 0 Å². The van der Waals surface area contributed by atoms with Crippen LogP contribution < -0.4 is 0 Å². The predicted octanol–water partition coefficient (Wildman–Crippen LogP) is 1.99. The molecule has 0 saturated carbocycles. The quantitative estimate of drug-likeness (QED) is 0.877. The molecular formula is C12H9F2NO3.